The van der Waals surface area contributed by atoms with E-state index < -0.39 is 0 Å². The number of hydrogen-bond acceptors (Lipinski definition) is 2. The molecule has 2 rings (SSSR count). The Balaban J connectivity index is 1.94. The molecule has 0 heterocycles. The highest BCUT2D eigenvalue weighted by Gasteiger charge is 2.18. The smallest absolute Gasteiger partial charge is 0.101 e. The van der Waals surface area contributed by atoms with Crippen LogP contribution in [-0.2, 0) is 0 Å². The number of anilines is 1. The SMILES string of the molecule is CC1CCC(CNc2cc(Cl)ccc2C#N)CC1. The standard InChI is InChI=1S/C15H19ClN2/c1-11-2-4-12(5-3-11)10-18-15-8-14(16)7-6-13(15)9-17/h6-8,11-12,18H,2-5,10H2,1H3. The molecule has 1 saturated carbocycles. The van der Waals surface area contributed by atoms with Crippen LogP contribution in [0.4, 0.5) is 5.69 Å². The molecule has 2 nitrogen and oxygen atoms in total. The van der Waals surface area contributed by atoms with E-state index in [1.807, 2.05) is 6.07 Å². The van der Waals surface area contributed by atoms with Gasteiger partial charge in [-0.15, -0.1) is 0 Å². The average molecular weight is 263 g/mol. The number of nitrogens with zero attached hydrogens (tertiary/aromatic N) is 1. The fraction of sp³-hybridized carbons (Fsp3) is 0.533. The van der Waals surface area contributed by atoms with Crippen molar-refractivity contribution >= 4 is 17.3 Å². The predicted octanol–water partition coefficient (Wildman–Crippen LogP) is 4.45. The molecule has 0 saturated heterocycles. The summed E-state index contributed by atoms with van der Waals surface area (Å²) in [6, 6.07) is 7.56. The van der Waals surface area contributed by atoms with Gasteiger partial charge in [-0.25, -0.2) is 0 Å². The van der Waals surface area contributed by atoms with Gasteiger partial charge in [0.2, 0.25) is 0 Å². The average Bonchev–Trinajstić information content (AvgIpc) is 2.38. The van der Waals surface area contributed by atoms with Gasteiger partial charge in [-0.3, -0.25) is 0 Å². The minimum atomic E-state index is 0.670. The Hall–Kier alpha value is -1.20. The molecule has 1 fully saturated rings. The topological polar surface area (TPSA) is 35.8 Å². The highest BCUT2D eigenvalue weighted by atomic mass is 35.5. The van der Waals surface area contributed by atoms with Crippen LogP contribution in [0, 0.1) is 23.2 Å². The van der Waals surface area contributed by atoms with Gasteiger partial charge >= 0.3 is 0 Å². The first kappa shape index (κ1) is 13.2. The summed E-state index contributed by atoms with van der Waals surface area (Å²) >= 11 is 5.97. The molecule has 18 heavy (non-hydrogen) atoms. The monoisotopic (exact) mass is 262 g/mol. The van der Waals surface area contributed by atoms with Gasteiger partial charge in [-0.05, 0) is 42.9 Å². The lowest BCUT2D eigenvalue weighted by Gasteiger charge is -2.26. The molecular weight excluding hydrogens is 244 g/mol. The number of rotatable bonds is 3. The molecule has 1 N–H and O–H groups in total. The molecular formula is C15H19ClN2. The van der Waals surface area contributed by atoms with Crippen LogP contribution in [0.2, 0.25) is 5.02 Å². The molecule has 0 spiro atoms. The summed E-state index contributed by atoms with van der Waals surface area (Å²) in [5.74, 6) is 1.61. The Morgan fingerprint density at radius 3 is 2.72 bits per heavy atom. The number of hydrogen-bond donors (Lipinski definition) is 1. The first-order valence-corrected chi connectivity index (χ1v) is 7.00. The minimum absolute atomic E-state index is 0.670. The van der Waals surface area contributed by atoms with Gasteiger partial charge in [0.1, 0.15) is 6.07 Å². The fourth-order valence-corrected chi connectivity index (χ4v) is 2.72. The minimum Gasteiger partial charge on any atom is -0.384 e. The Labute approximate surface area is 114 Å². The molecule has 0 atom stereocenters. The van der Waals surface area contributed by atoms with E-state index in [4.69, 9.17) is 16.9 Å². The van der Waals surface area contributed by atoms with Gasteiger partial charge in [0, 0.05) is 11.6 Å². The Morgan fingerprint density at radius 2 is 2.06 bits per heavy atom. The molecule has 0 radical (unpaired) electrons. The van der Waals surface area contributed by atoms with E-state index in [0.717, 1.165) is 24.1 Å². The molecule has 0 aromatic heterocycles. The van der Waals surface area contributed by atoms with E-state index in [-0.39, 0.29) is 0 Å². The van der Waals surface area contributed by atoms with Crippen molar-refractivity contribution in [1.82, 2.24) is 0 Å². The molecule has 1 aliphatic carbocycles. The van der Waals surface area contributed by atoms with E-state index in [1.54, 1.807) is 12.1 Å². The summed E-state index contributed by atoms with van der Waals surface area (Å²) in [4.78, 5) is 0. The van der Waals surface area contributed by atoms with Crippen molar-refractivity contribution < 1.29 is 0 Å². The van der Waals surface area contributed by atoms with Gasteiger partial charge in [0.25, 0.3) is 0 Å². The number of nitriles is 1. The Kier molecular flexibility index (Phi) is 4.49. The van der Waals surface area contributed by atoms with Crippen molar-refractivity contribution in [2.24, 2.45) is 11.8 Å². The lowest BCUT2D eigenvalue weighted by molar-refractivity contribution is 0.300. The highest BCUT2D eigenvalue weighted by Crippen LogP contribution is 2.29. The molecule has 0 unspecified atom stereocenters. The number of halogens is 1. The quantitative estimate of drug-likeness (QED) is 0.874. The lowest BCUT2D eigenvalue weighted by Crippen LogP contribution is -2.20. The lowest BCUT2D eigenvalue weighted by atomic mass is 9.83. The van der Waals surface area contributed by atoms with Crippen LogP contribution in [0.25, 0.3) is 0 Å². The van der Waals surface area contributed by atoms with E-state index >= 15 is 0 Å². The van der Waals surface area contributed by atoms with Gasteiger partial charge < -0.3 is 5.32 Å². The van der Waals surface area contributed by atoms with Crippen LogP contribution in [0.5, 0.6) is 0 Å². The zero-order valence-corrected chi connectivity index (χ0v) is 11.5. The maximum Gasteiger partial charge on any atom is 0.101 e. The van der Waals surface area contributed by atoms with E-state index in [0.29, 0.717) is 10.6 Å². The molecule has 1 aromatic rings. The summed E-state index contributed by atoms with van der Waals surface area (Å²) in [5.41, 5.74) is 1.53. The third-order valence-corrected chi connectivity index (χ3v) is 4.05. The zero-order chi connectivity index (χ0) is 13.0. The molecule has 0 amide bonds. The van der Waals surface area contributed by atoms with Crippen molar-refractivity contribution in [3.63, 3.8) is 0 Å². The van der Waals surface area contributed by atoms with Crippen molar-refractivity contribution in [2.75, 3.05) is 11.9 Å². The third kappa shape index (κ3) is 3.40. The Morgan fingerprint density at radius 1 is 1.33 bits per heavy atom. The molecule has 96 valence electrons. The van der Waals surface area contributed by atoms with Gasteiger partial charge in [0.15, 0.2) is 0 Å². The van der Waals surface area contributed by atoms with Gasteiger partial charge in [-0.2, -0.15) is 5.26 Å². The second-order valence-electron chi connectivity index (χ2n) is 5.31. The first-order chi connectivity index (χ1) is 8.69. The first-order valence-electron chi connectivity index (χ1n) is 6.62. The second-order valence-corrected chi connectivity index (χ2v) is 5.74. The Bertz CT molecular complexity index is 442. The maximum atomic E-state index is 9.05. The van der Waals surface area contributed by atoms with E-state index in [1.165, 1.54) is 25.7 Å². The van der Waals surface area contributed by atoms with Crippen molar-refractivity contribution in [3.8, 4) is 6.07 Å². The van der Waals surface area contributed by atoms with Gasteiger partial charge in [-0.1, -0.05) is 31.4 Å². The fourth-order valence-electron chi connectivity index (χ4n) is 2.55. The van der Waals surface area contributed by atoms with Crippen molar-refractivity contribution in [1.29, 1.82) is 5.26 Å². The summed E-state index contributed by atoms with van der Waals surface area (Å²) < 4.78 is 0. The van der Waals surface area contributed by atoms with Crippen LogP contribution in [0.15, 0.2) is 18.2 Å². The van der Waals surface area contributed by atoms with Crippen molar-refractivity contribution in [3.05, 3.63) is 28.8 Å². The molecule has 3 heteroatoms. The largest absolute Gasteiger partial charge is 0.384 e. The molecule has 0 aliphatic heterocycles. The summed E-state index contributed by atoms with van der Waals surface area (Å²) in [6.07, 6.45) is 5.23. The van der Waals surface area contributed by atoms with Gasteiger partial charge in [0.05, 0.1) is 11.3 Å². The molecule has 0 bridgehead atoms. The number of nitrogens with one attached hydrogen (secondary N) is 1. The maximum absolute atomic E-state index is 9.05. The molecule has 1 aromatic carbocycles. The second kappa shape index (κ2) is 6.11. The van der Waals surface area contributed by atoms with Crippen LogP contribution < -0.4 is 5.32 Å². The summed E-state index contributed by atoms with van der Waals surface area (Å²) in [6.45, 7) is 3.27. The number of benzene rings is 1. The van der Waals surface area contributed by atoms with Crippen molar-refractivity contribution in [2.45, 2.75) is 32.6 Å². The summed E-state index contributed by atoms with van der Waals surface area (Å²) in [5, 5.41) is 13.1. The summed E-state index contributed by atoms with van der Waals surface area (Å²) in [7, 11) is 0. The predicted molar refractivity (Wildman–Crippen MR) is 75.8 cm³/mol. The van der Waals surface area contributed by atoms with E-state index in [9.17, 15) is 0 Å². The van der Waals surface area contributed by atoms with Crippen LogP contribution in [0.3, 0.4) is 0 Å². The molecule has 1 aliphatic rings. The van der Waals surface area contributed by atoms with Crippen LogP contribution in [0.1, 0.15) is 38.2 Å². The van der Waals surface area contributed by atoms with Crippen LogP contribution >= 0.6 is 11.6 Å². The zero-order valence-electron chi connectivity index (χ0n) is 10.7. The highest BCUT2D eigenvalue weighted by molar-refractivity contribution is 6.30. The van der Waals surface area contributed by atoms with E-state index in [2.05, 4.69) is 18.3 Å². The normalized spacial score (nSPS) is 23.4. The third-order valence-electron chi connectivity index (χ3n) is 3.82. The van der Waals surface area contributed by atoms with Crippen LogP contribution in [-0.4, -0.2) is 6.54 Å².